The van der Waals surface area contributed by atoms with Crippen molar-refractivity contribution in [1.82, 2.24) is 0 Å². The van der Waals surface area contributed by atoms with E-state index in [4.69, 9.17) is 9.47 Å². The molecule has 0 amide bonds. The minimum absolute atomic E-state index is 0.166. The van der Waals surface area contributed by atoms with Crippen LogP contribution < -0.4 is 4.74 Å². The van der Waals surface area contributed by atoms with Gasteiger partial charge >= 0.3 is 0 Å². The molecule has 2 nitrogen and oxygen atoms in total. The Balaban J connectivity index is 2.10. The largest absolute Gasteiger partial charge is 0.487 e. The second kappa shape index (κ2) is 4.76. The van der Waals surface area contributed by atoms with Crippen LogP contribution >= 0.6 is 15.9 Å². The average Bonchev–Trinajstić information content (AvgIpc) is 2.22. The molecule has 1 aliphatic carbocycles. The van der Waals surface area contributed by atoms with Crippen LogP contribution in [-0.2, 0) is 4.74 Å². The highest BCUT2D eigenvalue weighted by Gasteiger charge is 2.41. The first kappa shape index (κ1) is 11.9. The molecule has 2 rings (SSSR count). The van der Waals surface area contributed by atoms with Crippen molar-refractivity contribution in [3.05, 3.63) is 29.3 Å². The molecule has 0 bridgehead atoms. The molecule has 0 heterocycles. The summed E-state index contributed by atoms with van der Waals surface area (Å²) < 4.78 is 11.4. The molecule has 0 spiro atoms. The zero-order valence-electron chi connectivity index (χ0n) is 9.87. The van der Waals surface area contributed by atoms with Crippen LogP contribution in [0, 0.1) is 13.8 Å². The number of para-hydroxylation sites is 1. The van der Waals surface area contributed by atoms with E-state index in [2.05, 4.69) is 48.0 Å². The standard InChI is InChI=1S/C13H17BrO2/c1-8-5-4-6-9(2)12(8)16-11-7-10(14)13(11)15-3/h4-6,10-11,13H,7H2,1-3H3. The lowest BCUT2D eigenvalue weighted by Crippen LogP contribution is -2.52. The van der Waals surface area contributed by atoms with E-state index in [1.165, 1.54) is 11.1 Å². The van der Waals surface area contributed by atoms with Gasteiger partial charge in [0.05, 0.1) is 0 Å². The van der Waals surface area contributed by atoms with Crippen molar-refractivity contribution in [2.24, 2.45) is 0 Å². The van der Waals surface area contributed by atoms with Gasteiger partial charge in [0.1, 0.15) is 18.0 Å². The molecule has 0 radical (unpaired) electrons. The highest BCUT2D eigenvalue weighted by molar-refractivity contribution is 9.09. The van der Waals surface area contributed by atoms with Crippen LogP contribution in [0.5, 0.6) is 5.75 Å². The van der Waals surface area contributed by atoms with Gasteiger partial charge in [0, 0.05) is 18.4 Å². The van der Waals surface area contributed by atoms with Gasteiger partial charge in [-0.3, -0.25) is 0 Å². The van der Waals surface area contributed by atoms with E-state index in [0.29, 0.717) is 4.83 Å². The summed E-state index contributed by atoms with van der Waals surface area (Å²) in [6.45, 7) is 4.16. The smallest absolute Gasteiger partial charge is 0.127 e. The first-order chi connectivity index (χ1) is 7.63. The van der Waals surface area contributed by atoms with Crippen LogP contribution in [0.4, 0.5) is 0 Å². The van der Waals surface area contributed by atoms with Gasteiger partial charge in [-0.25, -0.2) is 0 Å². The summed E-state index contributed by atoms with van der Waals surface area (Å²) in [6.07, 6.45) is 1.35. The summed E-state index contributed by atoms with van der Waals surface area (Å²) in [5.41, 5.74) is 2.38. The molecule has 0 N–H and O–H groups in total. The molecule has 3 atom stereocenters. The Morgan fingerprint density at radius 2 is 1.88 bits per heavy atom. The molecular weight excluding hydrogens is 268 g/mol. The number of hydrogen-bond donors (Lipinski definition) is 0. The van der Waals surface area contributed by atoms with Crippen molar-refractivity contribution >= 4 is 15.9 Å². The predicted octanol–water partition coefficient (Wildman–Crippen LogP) is 3.23. The van der Waals surface area contributed by atoms with Gasteiger partial charge in [-0.15, -0.1) is 0 Å². The molecule has 0 aromatic heterocycles. The average molecular weight is 285 g/mol. The molecule has 0 saturated heterocycles. The van der Waals surface area contributed by atoms with Crippen LogP contribution in [0.1, 0.15) is 17.5 Å². The fraction of sp³-hybridized carbons (Fsp3) is 0.538. The van der Waals surface area contributed by atoms with E-state index in [0.717, 1.165) is 12.2 Å². The number of ether oxygens (including phenoxy) is 2. The Bertz CT molecular complexity index is 358. The topological polar surface area (TPSA) is 18.5 Å². The van der Waals surface area contributed by atoms with Gasteiger partial charge in [0.25, 0.3) is 0 Å². The first-order valence-corrected chi connectivity index (χ1v) is 6.44. The van der Waals surface area contributed by atoms with Crippen LogP contribution in [0.2, 0.25) is 0 Å². The Labute approximate surface area is 105 Å². The molecule has 3 unspecified atom stereocenters. The quantitative estimate of drug-likeness (QED) is 0.794. The van der Waals surface area contributed by atoms with Gasteiger partial charge in [-0.1, -0.05) is 34.1 Å². The monoisotopic (exact) mass is 284 g/mol. The summed E-state index contributed by atoms with van der Waals surface area (Å²) >= 11 is 3.57. The van der Waals surface area contributed by atoms with Gasteiger partial charge < -0.3 is 9.47 Å². The fourth-order valence-electron chi connectivity index (χ4n) is 2.08. The van der Waals surface area contributed by atoms with Crippen molar-refractivity contribution in [2.45, 2.75) is 37.3 Å². The Morgan fingerprint density at radius 3 is 2.38 bits per heavy atom. The number of rotatable bonds is 3. The number of methoxy groups -OCH3 is 1. The third-order valence-electron chi connectivity index (χ3n) is 3.13. The molecule has 1 aromatic carbocycles. The predicted molar refractivity (Wildman–Crippen MR) is 68.5 cm³/mol. The fourth-order valence-corrected chi connectivity index (χ4v) is 3.00. The van der Waals surface area contributed by atoms with Gasteiger partial charge in [-0.05, 0) is 25.0 Å². The number of alkyl halides is 1. The lowest BCUT2D eigenvalue weighted by Gasteiger charge is -2.40. The normalized spacial score (nSPS) is 28.6. The molecule has 88 valence electrons. The summed E-state index contributed by atoms with van der Waals surface area (Å²) in [7, 11) is 1.74. The van der Waals surface area contributed by atoms with Crippen molar-refractivity contribution in [1.29, 1.82) is 0 Å². The van der Waals surface area contributed by atoms with Gasteiger partial charge in [-0.2, -0.15) is 0 Å². The van der Waals surface area contributed by atoms with E-state index in [1.807, 2.05) is 0 Å². The summed E-state index contributed by atoms with van der Waals surface area (Å²) in [6, 6.07) is 6.21. The zero-order chi connectivity index (χ0) is 11.7. The van der Waals surface area contributed by atoms with Gasteiger partial charge in [0.15, 0.2) is 0 Å². The van der Waals surface area contributed by atoms with E-state index in [9.17, 15) is 0 Å². The second-order valence-corrected chi connectivity index (χ2v) is 5.51. The summed E-state index contributed by atoms with van der Waals surface area (Å²) in [5.74, 6) is 1.01. The lowest BCUT2D eigenvalue weighted by atomic mass is 9.91. The van der Waals surface area contributed by atoms with E-state index in [1.54, 1.807) is 7.11 Å². The maximum atomic E-state index is 6.03. The molecule has 0 aliphatic heterocycles. The van der Waals surface area contributed by atoms with E-state index < -0.39 is 0 Å². The molecule has 1 aliphatic rings. The lowest BCUT2D eigenvalue weighted by molar-refractivity contribution is -0.0549. The molecule has 1 saturated carbocycles. The number of hydrogen-bond acceptors (Lipinski definition) is 2. The Morgan fingerprint density at radius 1 is 1.25 bits per heavy atom. The minimum Gasteiger partial charge on any atom is -0.487 e. The molecular formula is C13H17BrO2. The molecule has 1 aromatic rings. The number of halogens is 1. The third kappa shape index (κ3) is 2.11. The van der Waals surface area contributed by atoms with Gasteiger partial charge in [0.2, 0.25) is 0 Å². The van der Waals surface area contributed by atoms with Crippen LogP contribution in [-0.4, -0.2) is 24.1 Å². The maximum absolute atomic E-state index is 6.03. The minimum atomic E-state index is 0.166. The van der Waals surface area contributed by atoms with Crippen LogP contribution in [0.15, 0.2) is 18.2 Å². The zero-order valence-corrected chi connectivity index (χ0v) is 11.5. The Hall–Kier alpha value is -0.540. The van der Waals surface area contributed by atoms with Crippen molar-refractivity contribution in [3.63, 3.8) is 0 Å². The van der Waals surface area contributed by atoms with E-state index in [-0.39, 0.29) is 12.2 Å². The highest BCUT2D eigenvalue weighted by atomic mass is 79.9. The molecule has 1 fully saturated rings. The van der Waals surface area contributed by atoms with Crippen molar-refractivity contribution in [2.75, 3.05) is 7.11 Å². The van der Waals surface area contributed by atoms with Crippen molar-refractivity contribution < 1.29 is 9.47 Å². The highest BCUT2D eigenvalue weighted by Crippen LogP contribution is 2.35. The van der Waals surface area contributed by atoms with Crippen LogP contribution in [0.25, 0.3) is 0 Å². The SMILES string of the molecule is COC1C(Br)CC1Oc1c(C)cccc1C. The van der Waals surface area contributed by atoms with Crippen LogP contribution in [0.3, 0.4) is 0 Å². The molecule has 3 heteroatoms. The van der Waals surface area contributed by atoms with Crippen molar-refractivity contribution in [3.8, 4) is 5.75 Å². The Kier molecular flexibility index (Phi) is 3.55. The summed E-state index contributed by atoms with van der Waals surface area (Å²) in [5, 5.41) is 0. The summed E-state index contributed by atoms with van der Waals surface area (Å²) in [4.78, 5) is 0.423. The molecule has 16 heavy (non-hydrogen) atoms. The first-order valence-electron chi connectivity index (χ1n) is 5.53. The second-order valence-electron chi connectivity index (χ2n) is 4.33. The number of benzene rings is 1. The van der Waals surface area contributed by atoms with E-state index >= 15 is 0 Å². The third-order valence-corrected chi connectivity index (χ3v) is 4.03. The maximum Gasteiger partial charge on any atom is 0.127 e. The number of aryl methyl sites for hydroxylation is 2.